The van der Waals surface area contributed by atoms with Crippen LogP contribution in [0.5, 0.6) is 17.2 Å². The minimum atomic E-state index is -0.944. The van der Waals surface area contributed by atoms with E-state index < -0.39 is 41.4 Å². The van der Waals surface area contributed by atoms with E-state index in [-0.39, 0.29) is 48.0 Å². The summed E-state index contributed by atoms with van der Waals surface area (Å²) < 4.78 is 16.1. The Balaban J connectivity index is 1.15. The van der Waals surface area contributed by atoms with Crippen LogP contribution in [0.1, 0.15) is 75.0 Å². The first-order valence-electron chi connectivity index (χ1n) is 19.1. The topological polar surface area (TPSA) is 204 Å². The van der Waals surface area contributed by atoms with E-state index in [0.29, 0.717) is 56.1 Å². The normalized spacial score (nSPS) is 18.9. The first kappa shape index (κ1) is 44.1. The van der Waals surface area contributed by atoms with Gasteiger partial charge in [0.2, 0.25) is 5.91 Å². The molecule has 306 valence electrons. The van der Waals surface area contributed by atoms with Crippen LogP contribution in [0.2, 0.25) is 0 Å². The second-order valence-electron chi connectivity index (χ2n) is 14.1. The van der Waals surface area contributed by atoms with Crippen LogP contribution in [0.25, 0.3) is 6.08 Å². The fourth-order valence-corrected chi connectivity index (χ4v) is 6.75. The molecule has 1 aliphatic carbocycles. The molecule has 3 aromatic carbocycles. The molecule has 0 radical (unpaired) electrons. The molecule has 6 atom stereocenters. The van der Waals surface area contributed by atoms with Crippen LogP contribution in [-0.4, -0.2) is 69.7 Å². The summed E-state index contributed by atoms with van der Waals surface area (Å²) in [6.45, 7) is 1.22. The van der Waals surface area contributed by atoms with Crippen molar-refractivity contribution in [2.45, 2.75) is 95.7 Å². The molecule has 1 saturated carbocycles. The van der Waals surface area contributed by atoms with Crippen LogP contribution >= 0.6 is 0 Å². The van der Waals surface area contributed by atoms with E-state index in [4.69, 9.17) is 14.2 Å². The molecular weight excluding hydrogens is 736 g/mol. The minimum Gasteiger partial charge on any atom is -0.493 e. The monoisotopic (exact) mass is 788 g/mol. The summed E-state index contributed by atoms with van der Waals surface area (Å²) in [6.07, 6.45) is 9.77. The maximum Gasteiger partial charge on any atom is 0.336 e. The van der Waals surface area contributed by atoms with Gasteiger partial charge in [-0.3, -0.25) is 4.79 Å². The van der Waals surface area contributed by atoms with Gasteiger partial charge >= 0.3 is 11.9 Å². The molecule has 4 N–H and O–H groups in total. The molecule has 3 aromatic rings. The van der Waals surface area contributed by atoms with Crippen molar-refractivity contribution in [3.05, 3.63) is 118 Å². The van der Waals surface area contributed by atoms with Gasteiger partial charge in [0.05, 0.1) is 25.4 Å². The van der Waals surface area contributed by atoms with E-state index in [1.165, 1.54) is 49.9 Å². The molecule has 0 aromatic heterocycles. The van der Waals surface area contributed by atoms with Gasteiger partial charge in [0.1, 0.15) is 18.4 Å². The molecule has 1 amide bonds. The highest BCUT2D eigenvalue weighted by atomic mass is 16.9. The number of hydrogen-bond acceptors (Lipinski definition) is 12. The number of aryl methyl sites for hydroxylation is 1. The molecule has 57 heavy (non-hydrogen) atoms. The molecule has 0 heterocycles. The number of aliphatic hydroxyl groups is 3. The van der Waals surface area contributed by atoms with Crippen molar-refractivity contribution in [3.63, 3.8) is 0 Å². The molecule has 0 bridgehead atoms. The average Bonchev–Trinajstić information content (AvgIpc) is 3.47. The summed E-state index contributed by atoms with van der Waals surface area (Å²) in [5.41, 5.74) is 2.16. The lowest BCUT2D eigenvalue weighted by molar-refractivity contribution is -0.763. The fraction of sp³-hybridized carbons (Fsp3) is 0.419. The predicted molar refractivity (Wildman–Crippen MR) is 210 cm³/mol. The van der Waals surface area contributed by atoms with Crippen LogP contribution in [0.15, 0.2) is 91.0 Å². The Morgan fingerprint density at radius 3 is 2.44 bits per heavy atom. The van der Waals surface area contributed by atoms with Gasteiger partial charge in [-0.05, 0) is 117 Å². The number of carbonyl (C=O) groups excluding carboxylic acids is 3. The third kappa shape index (κ3) is 15.1. The third-order valence-corrected chi connectivity index (χ3v) is 9.81. The highest BCUT2D eigenvalue weighted by Crippen LogP contribution is 2.38. The summed E-state index contributed by atoms with van der Waals surface area (Å²) >= 11 is 0. The zero-order valence-corrected chi connectivity index (χ0v) is 32.2. The fourth-order valence-electron chi connectivity index (χ4n) is 6.75. The van der Waals surface area contributed by atoms with Crippen molar-refractivity contribution in [1.82, 2.24) is 5.32 Å². The standard InChI is InChI=1S/C43H52N2O12/c1-29(43(51)57-39-23-18-31(26-40(39)54-2)19-24-42(50)56-34-14-10-13-32(25-34)28-55-45(52)53)44-41(49)16-9-4-3-8-15-35-36(38(48)27-37(35)47)22-21-33(46)20-17-30-11-6-5-7-12-30/h3,5-8,10-14,18-19,23-26,29,33,35-38,46-48H,4,9,15-17,20-22,27-28H2,1-2H3,(H,44,49)/b8-3-,24-19+/t29?,33-,35+,36+,37-,38+/m0/s1. The van der Waals surface area contributed by atoms with Gasteiger partial charge in [0, 0.05) is 12.5 Å². The quantitative estimate of drug-likeness (QED) is 0.0185. The number of allylic oxidation sites excluding steroid dienone is 2. The molecular formula is C43H52N2O12. The molecule has 0 spiro atoms. The Kier molecular flexibility index (Phi) is 17.7. The van der Waals surface area contributed by atoms with Gasteiger partial charge in [-0.25, -0.2) is 9.59 Å². The van der Waals surface area contributed by atoms with Crippen LogP contribution in [0.4, 0.5) is 0 Å². The summed E-state index contributed by atoms with van der Waals surface area (Å²) in [6, 6.07) is 19.8. The van der Waals surface area contributed by atoms with Gasteiger partial charge in [-0.15, -0.1) is 10.1 Å². The lowest BCUT2D eigenvalue weighted by Gasteiger charge is -2.23. The minimum absolute atomic E-state index is 0.0981. The van der Waals surface area contributed by atoms with Crippen molar-refractivity contribution in [2.75, 3.05) is 7.11 Å². The molecule has 4 rings (SSSR count). The zero-order valence-electron chi connectivity index (χ0n) is 32.2. The predicted octanol–water partition coefficient (Wildman–Crippen LogP) is 5.68. The van der Waals surface area contributed by atoms with E-state index in [1.54, 1.807) is 24.3 Å². The van der Waals surface area contributed by atoms with Crippen LogP contribution in [-0.2, 0) is 32.2 Å². The highest BCUT2D eigenvalue weighted by Gasteiger charge is 2.40. The average molecular weight is 789 g/mol. The Labute approximate surface area is 332 Å². The summed E-state index contributed by atoms with van der Waals surface area (Å²) in [5, 5.41) is 43.9. The van der Waals surface area contributed by atoms with Gasteiger partial charge in [0.25, 0.3) is 5.09 Å². The number of aliphatic hydroxyl groups excluding tert-OH is 3. The molecule has 1 unspecified atom stereocenters. The summed E-state index contributed by atoms with van der Waals surface area (Å²) in [4.78, 5) is 52.5. The maximum atomic E-state index is 12.8. The Morgan fingerprint density at radius 2 is 1.68 bits per heavy atom. The number of amides is 1. The highest BCUT2D eigenvalue weighted by molar-refractivity contribution is 5.89. The second kappa shape index (κ2) is 22.9. The number of nitrogens with one attached hydrogen (secondary N) is 1. The number of esters is 2. The van der Waals surface area contributed by atoms with Crippen LogP contribution in [0, 0.1) is 22.0 Å². The van der Waals surface area contributed by atoms with Crippen LogP contribution < -0.4 is 19.5 Å². The lowest BCUT2D eigenvalue weighted by atomic mass is 9.85. The Morgan fingerprint density at radius 1 is 0.930 bits per heavy atom. The third-order valence-electron chi connectivity index (χ3n) is 9.81. The van der Waals surface area contributed by atoms with Crippen LogP contribution in [0.3, 0.4) is 0 Å². The molecule has 14 heteroatoms. The lowest BCUT2D eigenvalue weighted by Crippen LogP contribution is -2.40. The molecule has 1 fully saturated rings. The number of rotatable bonds is 22. The van der Waals surface area contributed by atoms with Crippen molar-refractivity contribution < 1.29 is 53.8 Å². The van der Waals surface area contributed by atoms with Gasteiger partial charge in [-0.1, -0.05) is 60.7 Å². The number of hydrogen-bond donors (Lipinski definition) is 4. The first-order chi connectivity index (χ1) is 27.4. The number of carbonyl (C=O) groups is 3. The summed E-state index contributed by atoms with van der Waals surface area (Å²) in [5.74, 6) is -1.41. The number of nitrogens with zero attached hydrogens (tertiary/aromatic N) is 1. The zero-order chi connectivity index (χ0) is 41.2. The van der Waals surface area contributed by atoms with Crippen molar-refractivity contribution in [3.8, 4) is 17.2 Å². The van der Waals surface area contributed by atoms with Crippen molar-refractivity contribution >= 4 is 23.9 Å². The van der Waals surface area contributed by atoms with E-state index in [0.717, 1.165) is 6.42 Å². The largest absolute Gasteiger partial charge is 0.493 e. The molecule has 0 aliphatic heterocycles. The number of ether oxygens (including phenoxy) is 3. The van der Waals surface area contributed by atoms with E-state index >= 15 is 0 Å². The first-order valence-corrected chi connectivity index (χ1v) is 19.1. The molecule has 14 nitrogen and oxygen atoms in total. The molecule has 1 aliphatic rings. The van der Waals surface area contributed by atoms with E-state index in [9.17, 15) is 39.8 Å². The summed E-state index contributed by atoms with van der Waals surface area (Å²) in [7, 11) is 1.39. The van der Waals surface area contributed by atoms with Crippen molar-refractivity contribution in [1.29, 1.82) is 0 Å². The Hall–Kier alpha value is -5.57. The van der Waals surface area contributed by atoms with Gasteiger partial charge < -0.3 is 39.7 Å². The molecule has 0 saturated heterocycles. The SMILES string of the molecule is COc1cc(/C=C/C(=O)Oc2cccc(CO[N+](=O)[O-])c2)ccc1OC(=O)C(C)NC(=O)CCC/C=C\C[C@@H]1[C@@H](CC[C@@H](O)CCc2ccccc2)[C@H](O)C[C@@H]1O. The van der Waals surface area contributed by atoms with Gasteiger partial charge in [-0.2, -0.15) is 0 Å². The van der Waals surface area contributed by atoms with Crippen molar-refractivity contribution in [2.24, 2.45) is 11.8 Å². The van der Waals surface area contributed by atoms with E-state index in [2.05, 4.69) is 10.2 Å². The second-order valence-corrected chi connectivity index (χ2v) is 14.1. The number of benzene rings is 3. The number of unbranched alkanes of at least 4 members (excludes halogenated alkanes) is 1. The Bertz CT molecular complexity index is 1830. The van der Waals surface area contributed by atoms with Gasteiger partial charge in [0.15, 0.2) is 11.5 Å². The number of methoxy groups -OCH3 is 1. The smallest absolute Gasteiger partial charge is 0.336 e. The van der Waals surface area contributed by atoms with E-state index in [1.807, 2.05) is 42.5 Å². The maximum absolute atomic E-state index is 12.8.